The van der Waals surface area contributed by atoms with Crippen LogP contribution in [0, 0.1) is 0 Å². The maximum Gasteiger partial charge on any atom is 0.265 e. The van der Waals surface area contributed by atoms with Gasteiger partial charge in [-0.3, -0.25) is 9.36 Å². The maximum atomic E-state index is 12.7. The molecule has 3 aromatic rings. The molecule has 0 aliphatic heterocycles. The number of aliphatic hydroxyl groups is 1. The van der Waals surface area contributed by atoms with Crippen molar-refractivity contribution in [1.82, 2.24) is 9.55 Å². The van der Waals surface area contributed by atoms with Crippen molar-refractivity contribution in [2.75, 3.05) is 6.61 Å². The monoisotopic (exact) mass is 314 g/mol. The van der Waals surface area contributed by atoms with Crippen LogP contribution in [0.1, 0.15) is 0 Å². The first kappa shape index (κ1) is 14.9. The Morgan fingerprint density at radius 2 is 1.74 bits per heavy atom. The molecule has 1 aromatic heterocycles. The first-order valence-electron chi connectivity index (χ1n) is 6.89. The van der Waals surface area contributed by atoms with Crippen molar-refractivity contribution in [3.8, 4) is 28.6 Å². The van der Waals surface area contributed by atoms with E-state index < -0.39 is 22.8 Å². The van der Waals surface area contributed by atoms with Crippen LogP contribution in [0.25, 0.3) is 22.3 Å². The Bertz CT molecular complexity index is 935. The lowest BCUT2D eigenvalue weighted by atomic mass is 10.1. The molecule has 1 heterocycles. The molecule has 0 unspecified atom stereocenters. The second-order valence-corrected chi connectivity index (χ2v) is 4.97. The Hall–Kier alpha value is -3.06. The van der Waals surface area contributed by atoms with Crippen LogP contribution in [0.4, 0.5) is 0 Å². The van der Waals surface area contributed by atoms with Crippen molar-refractivity contribution < 1.29 is 20.4 Å². The van der Waals surface area contributed by atoms with E-state index in [1.54, 1.807) is 24.3 Å². The third-order valence-electron chi connectivity index (χ3n) is 3.53. The summed E-state index contributed by atoms with van der Waals surface area (Å²) < 4.78 is 1.22. The quantitative estimate of drug-likeness (QED) is 0.539. The number of phenols is 3. The van der Waals surface area contributed by atoms with E-state index in [2.05, 4.69) is 4.98 Å². The van der Waals surface area contributed by atoms with Crippen LogP contribution in [0.2, 0.25) is 0 Å². The first-order chi connectivity index (χ1) is 11.0. The van der Waals surface area contributed by atoms with Gasteiger partial charge in [-0.25, -0.2) is 4.98 Å². The van der Waals surface area contributed by atoms with Gasteiger partial charge in [0.05, 0.1) is 18.7 Å². The van der Waals surface area contributed by atoms with Crippen LogP contribution >= 0.6 is 0 Å². The Kier molecular flexibility index (Phi) is 3.63. The van der Waals surface area contributed by atoms with Crippen LogP contribution in [-0.4, -0.2) is 36.6 Å². The van der Waals surface area contributed by atoms with Gasteiger partial charge in [0.1, 0.15) is 11.2 Å². The van der Waals surface area contributed by atoms with Crippen LogP contribution in [0.5, 0.6) is 17.2 Å². The molecule has 4 N–H and O–H groups in total. The lowest BCUT2D eigenvalue weighted by Crippen LogP contribution is -2.25. The summed E-state index contributed by atoms with van der Waals surface area (Å²) in [6, 6.07) is 9.99. The number of aromatic nitrogens is 2. The first-order valence-corrected chi connectivity index (χ1v) is 6.89. The largest absolute Gasteiger partial charge is 0.504 e. The summed E-state index contributed by atoms with van der Waals surface area (Å²) in [5, 5.41) is 38.2. The molecule has 7 heteroatoms. The molecule has 23 heavy (non-hydrogen) atoms. The van der Waals surface area contributed by atoms with E-state index in [1.165, 1.54) is 4.57 Å². The van der Waals surface area contributed by atoms with E-state index in [-0.39, 0.29) is 24.1 Å². The number of nitrogens with zero attached hydrogens (tertiary/aromatic N) is 2. The fraction of sp³-hybridized carbons (Fsp3) is 0.125. The average molecular weight is 314 g/mol. The van der Waals surface area contributed by atoms with Crippen molar-refractivity contribution in [3.05, 3.63) is 46.8 Å². The molecule has 0 bridgehead atoms. The van der Waals surface area contributed by atoms with E-state index in [0.29, 0.717) is 11.4 Å². The number of aromatic hydroxyl groups is 3. The highest BCUT2D eigenvalue weighted by Gasteiger charge is 2.19. The topological polar surface area (TPSA) is 116 Å². The van der Waals surface area contributed by atoms with Crippen molar-refractivity contribution in [2.24, 2.45) is 0 Å². The zero-order chi connectivity index (χ0) is 16.6. The number of fused-ring (bicyclic) bond motifs is 1. The Morgan fingerprint density at radius 1 is 1.04 bits per heavy atom. The van der Waals surface area contributed by atoms with Crippen LogP contribution in [0.3, 0.4) is 0 Å². The molecule has 2 aromatic carbocycles. The highest BCUT2D eigenvalue weighted by Crippen LogP contribution is 2.39. The van der Waals surface area contributed by atoms with Gasteiger partial charge < -0.3 is 20.4 Å². The van der Waals surface area contributed by atoms with Gasteiger partial charge in [0, 0.05) is 11.6 Å². The van der Waals surface area contributed by atoms with E-state index in [1.807, 2.05) is 6.07 Å². The van der Waals surface area contributed by atoms with Crippen LogP contribution in [-0.2, 0) is 6.54 Å². The lowest BCUT2D eigenvalue weighted by molar-refractivity contribution is 0.274. The molecule has 0 aliphatic rings. The Labute approximate surface area is 130 Å². The molecule has 7 nitrogen and oxygen atoms in total. The number of rotatable bonds is 3. The molecule has 0 amide bonds. The predicted molar refractivity (Wildman–Crippen MR) is 83.5 cm³/mol. The fourth-order valence-electron chi connectivity index (χ4n) is 2.45. The standard InChI is InChI=1S/C16H14N2O5/c19-7-6-18-15(9-4-2-1-3-5-9)17-10-8-11(20)13(21)14(22)12(10)16(18)23/h1-5,8,19-22H,6-7H2. The zero-order valence-electron chi connectivity index (χ0n) is 12.0. The lowest BCUT2D eigenvalue weighted by Gasteiger charge is -2.14. The van der Waals surface area contributed by atoms with Gasteiger partial charge in [-0.2, -0.15) is 0 Å². The minimum Gasteiger partial charge on any atom is -0.504 e. The molecule has 118 valence electrons. The van der Waals surface area contributed by atoms with Crippen molar-refractivity contribution in [2.45, 2.75) is 6.54 Å². The summed E-state index contributed by atoms with van der Waals surface area (Å²) in [5.41, 5.74) is 0.0820. The number of phenolic OH excluding ortho intramolecular Hbond substituents is 3. The molecule has 0 radical (unpaired) electrons. The molecular weight excluding hydrogens is 300 g/mol. The summed E-state index contributed by atoms with van der Waals surface area (Å²) in [4.78, 5) is 17.0. The summed E-state index contributed by atoms with van der Waals surface area (Å²) in [5.74, 6) is -1.79. The minimum absolute atomic E-state index is 0.0208. The number of aliphatic hydroxyl groups excluding tert-OH is 1. The van der Waals surface area contributed by atoms with Gasteiger partial charge in [-0.1, -0.05) is 30.3 Å². The second kappa shape index (κ2) is 5.62. The van der Waals surface area contributed by atoms with Gasteiger partial charge in [0.15, 0.2) is 11.5 Å². The summed E-state index contributed by atoms with van der Waals surface area (Å²) in [6.45, 7) is -0.315. The van der Waals surface area contributed by atoms with E-state index in [9.17, 15) is 25.2 Å². The van der Waals surface area contributed by atoms with Gasteiger partial charge in [0.2, 0.25) is 5.75 Å². The molecule has 0 saturated carbocycles. The minimum atomic E-state index is -0.778. The molecular formula is C16H14N2O5. The average Bonchev–Trinajstić information content (AvgIpc) is 2.56. The van der Waals surface area contributed by atoms with Gasteiger partial charge in [0.25, 0.3) is 5.56 Å². The SMILES string of the molecule is O=c1c2c(O)c(O)c(O)cc2nc(-c2ccccc2)n1CCO. The highest BCUT2D eigenvalue weighted by atomic mass is 16.3. The van der Waals surface area contributed by atoms with E-state index >= 15 is 0 Å². The normalized spacial score (nSPS) is 11.0. The molecule has 3 rings (SSSR count). The van der Waals surface area contributed by atoms with Gasteiger partial charge in [-0.05, 0) is 0 Å². The summed E-state index contributed by atoms with van der Waals surface area (Å²) in [7, 11) is 0. The third-order valence-corrected chi connectivity index (χ3v) is 3.53. The number of hydrogen-bond donors (Lipinski definition) is 4. The van der Waals surface area contributed by atoms with Crippen LogP contribution in [0.15, 0.2) is 41.2 Å². The molecule has 0 saturated heterocycles. The smallest absolute Gasteiger partial charge is 0.265 e. The van der Waals surface area contributed by atoms with Crippen LogP contribution < -0.4 is 5.56 Å². The highest BCUT2D eigenvalue weighted by molar-refractivity contribution is 5.90. The molecule has 0 aliphatic carbocycles. The molecule has 0 spiro atoms. The van der Waals surface area contributed by atoms with Crippen molar-refractivity contribution in [1.29, 1.82) is 0 Å². The fourth-order valence-corrected chi connectivity index (χ4v) is 2.45. The zero-order valence-corrected chi connectivity index (χ0v) is 12.0. The second-order valence-electron chi connectivity index (χ2n) is 4.97. The Balaban J connectivity index is 2.44. The molecule has 0 fully saturated rings. The Morgan fingerprint density at radius 3 is 2.39 bits per heavy atom. The number of benzene rings is 2. The predicted octanol–water partition coefficient (Wildman–Crippen LogP) is 1.17. The van der Waals surface area contributed by atoms with Gasteiger partial charge in [-0.15, -0.1) is 0 Å². The van der Waals surface area contributed by atoms with Crippen molar-refractivity contribution >= 4 is 10.9 Å². The molecule has 0 atom stereocenters. The van der Waals surface area contributed by atoms with Gasteiger partial charge >= 0.3 is 0 Å². The van der Waals surface area contributed by atoms with E-state index in [0.717, 1.165) is 6.07 Å². The third kappa shape index (κ3) is 2.36. The summed E-state index contributed by atoms with van der Waals surface area (Å²) in [6.07, 6.45) is 0. The maximum absolute atomic E-state index is 12.7. The van der Waals surface area contributed by atoms with E-state index in [4.69, 9.17) is 0 Å². The summed E-state index contributed by atoms with van der Waals surface area (Å²) >= 11 is 0. The van der Waals surface area contributed by atoms with Crippen molar-refractivity contribution in [3.63, 3.8) is 0 Å². The number of hydrogen-bond acceptors (Lipinski definition) is 6.